The number of hydrogen-bond acceptors (Lipinski definition) is 3. The maximum absolute atomic E-state index is 12.3. The summed E-state index contributed by atoms with van der Waals surface area (Å²) in [6, 6.07) is 14.7. The van der Waals surface area contributed by atoms with Crippen LogP contribution in [0.1, 0.15) is 73.4 Å². The van der Waals surface area contributed by atoms with Gasteiger partial charge in [0.05, 0.1) is 0 Å². The normalized spacial score (nSPS) is 11.5. The van der Waals surface area contributed by atoms with Crippen LogP contribution in [0.25, 0.3) is 0 Å². The van der Waals surface area contributed by atoms with Crippen molar-refractivity contribution in [2.45, 2.75) is 52.4 Å². The Hall–Kier alpha value is -2.73. The van der Waals surface area contributed by atoms with Gasteiger partial charge in [0.1, 0.15) is 0 Å². The SMILES string of the molecule is CC(C)(C)c1ccc(C(=O)NNC(=S)NC(=O)c2ccc(C(C)(C)C)cc2)cc1. The lowest BCUT2D eigenvalue weighted by molar-refractivity contribution is 0.0934. The molecule has 3 N–H and O–H groups in total. The van der Waals surface area contributed by atoms with Gasteiger partial charge in [-0.2, -0.15) is 0 Å². The van der Waals surface area contributed by atoms with Gasteiger partial charge in [0.25, 0.3) is 11.8 Å². The van der Waals surface area contributed by atoms with Crippen LogP contribution in [0.3, 0.4) is 0 Å². The molecule has 0 fully saturated rings. The van der Waals surface area contributed by atoms with Gasteiger partial charge in [-0.3, -0.25) is 25.8 Å². The zero-order valence-corrected chi connectivity index (χ0v) is 18.7. The third kappa shape index (κ3) is 6.39. The highest BCUT2D eigenvalue weighted by atomic mass is 32.1. The third-order valence-corrected chi connectivity index (χ3v) is 4.75. The molecule has 29 heavy (non-hydrogen) atoms. The summed E-state index contributed by atoms with van der Waals surface area (Å²) in [4.78, 5) is 24.6. The molecule has 0 aromatic heterocycles. The summed E-state index contributed by atoms with van der Waals surface area (Å²) >= 11 is 5.10. The van der Waals surface area contributed by atoms with Crippen LogP contribution < -0.4 is 16.2 Å². The van der Waals surface area contributed by atoms with E-state index in [1.807, 2.05) is 24.3 Å². The molecule has 0 spiro atoms. The van der Waals surface area contributed by atoms with Gasteiger partial charge in [0.2, 0.25) is 0 Å². The molecular formula is C23H29N3O2S. The van der Waals surface area contributed by atoms with Crippen molar-refractivity contribution in [3.63, 3.8) is 0 Å². The molecule has 0 unspecified atom stereocenters. The van der Waals surface area contributed by atoms with Crippen molar-refractivity contribution in [3.05, 3.63) is 70.8 Å². The molecule has 0 aliphatic rings. The molecule has 2 rings (SSSR count). The Kier molecular flexibility index (Phi) is 6.80. The van der Waals surface area contributed by atoms with E-state index in [0.717, 1.165) is 11.1 Å². The number of amides is 2. The van der Waals surface area contributed by atoms with E-state index in [0.29, 0.717) is 11.1 Å². The third-order valence-electron chi connectivity index (χ3n) is 4.54. The van der Waals surface area contributed by atoms with Crippen molar-refractivity contribution in [3.8, 4) is 0 Å². The molecule has 0 aliphatic carbocycles. The summed E-state index contributed by atoms with van der Waals surface area (Å²) in [5.74, 6) is -0.677. The second-order valence-corrected chi connectivity index (χ2v) is 9.43. The number of nitrogens with one attached hydrogen (secondary N) is 3. The lowest BCUT2D eigenvalue weighted by Gasteiger charge is -2.19. The fourth-order valence-corrected chi connectivity index (χ4v) is 2.78. The molecule has 0 aliphatic heterocycles. The van der Waals surface area contributed by atoms with Gasteiger partial charge in [-0.05, 0) is 58.4 Å². The van der Waals surface area contributed by atoms with E-state index in [-0.39, 0.29) is 27.8 Å². The Balaban J connectivity index is 1.89. The number of hydrazine groups is 1. The van der Waals surface area contributed by atoms with Crippen LogP contribution in [0.15, 0.2) is 48.5 Å². The van der Waals surface area contributed by atoms with Crippen molar-refractivity contribution in [2.75, 3.05) is 0 Å². The van der Waals surface area contributed by atoms with Gasteiger partial charge in [-0.1, -0.05) is 65.8 Å². The van der Waals surface area contributed by atoms with Crippen molar-refractivity contribution in [1.29, 1.82) is 0 Å². The first-order chi connectivity index (χ1) is 13.4. The highest BCUT2D eigenvalue weighted by Crippen LogP contribution is 2.23. The number of thiocarbonyl (C=S) groups is 1. The molecule has 2 aromatic rings. The van der Waals surface area contributed by atoms with Crippen molar-refractivity contribution in [1.82, 2.24) is 16.2 Å². The Bertz CT molecular complexity index is 890. The molecule has 2 aromatic carbocycles. The second kappa shape index (κ2) is 8.74. The van der Waals surface area contributed by atoms with Gasteiger partial charge < -0.3 is 0 Å². The Morgan fingerprint density at radius 1 is 0.655 bits per heavy atom. The monoisotopic (exact) mass is 411 g/mol. The van der Waals surface area contributed by atoms with Gasteiger partial charge in [0, 0.05) is 11.1 Å². The first-order valence-corrected chi connectivity index (χ1v) is 9.91. The predicted molar refractivity (Wildman–Crippen MR) is 121 cm³/mol. The molecule has 2 amide bonds. The zero-order chi connectivity index (χ0) is 21.8. The average Bonchev–Trinajstić information content (AvgIpc) is 2.65. The van der Waals surface area contributed by atoms with Crippen molar-refractivity contribution >= 4 is 29.1 Å². The van der Waals surface area contributed by atoms with E-state index < -0.39 is 0 Å². The van der Waals surface area contributed by atoms with E-state index in [2.05, 4.69) is 57.7 Å². The number of hydrogen-bond donors (Lipinski definition) is 3. The summed E-state index contributed by atoms with van der Waals surface area (Å²) in [5, 5.41) is 2.58. The molecule has 0 saturated carbocycles. The lowest BCUT2D eigenvalue weighted by Crippen LogP contribution is -2.48. The van der Waals surface area contributed by atoms with E-state index in [1.54, 1.807) is 24.3 Å². The first-order valence-electron chi connectivity index (χ1n) is 9.51. The molecule has 6 heteroatoms. The first kappa shape index (κ1) is 22.6. The summed E-state index contributed by atoms with van der Waals surface area (Å²) < 4.78 is 0. The van der Waals surface area contributed by atoms with Crippen LogP contribution >= 0.6 is 12.2 Å². The van der Waals surface area contributed by atoms with Crippen molar-refractivity contribution in [2.24, 2.45) is 0 Å². The van der Waals surface area contributed by atoms with Crippen molar-refractivity contribution < 1.29 is 9.59 Å². The molecular weight excluding hydrogens is 382 g/mol. The summed E-state index contributed by atoms with van der Waals surface area (Å²) in [6.45, 7) is 12.7. The minimum atomic E-state index is -0.341. The summed E-state index contributed by atoms with van der Waals surface area (Å²) in [5.41, 5.74) is 8.36. The topological polar surface area (TPSA) is 70.2 Å². The molecule has 0 saturated heterocycles. The smallest absolute Gasteiger partial charge is 0.269 e. The minimum absolute atomic E-state index is 0.0151. The molecule has 0 heterocycles. The number of benzene rings is 2. The molecule has 0 bridgehead atoms. The van der Waals surface area contributed by atoms with Crippen LogP contribution in [0, 0.1) is 0 Å². The van der Waals surface area contributed by atoms with E-state index >= 15 is 0 Å². The highest BCUT2D eigenvalue weighted by Gasteiger charge is 2.16. The van der Waals surface area contributed by atoms with Crippen LogP contribution in [0.4, 0.5) is 0 Å². The second-order valence-electron chi connectivity index (χ2n) is 9.02. The van der Waals surface area contributed by atoms with E-state index in [1.165, 1.54) is 0 Å². The number of rotatable bonds is 2. The van der Waals surface area contributed by atoms with Gasteiger partial charge >= 0.3 is 0 Å². The van der Waals surface area contributed by atoms with E-state index in [9.17, 15) is 9.59 Å². The lowest BCUT2D eigenvalue weighted by atomic mass is 9.86. The van der Waals surface area contributed by atoms with Gasteiger partial charge in [0.15, 0.2) is 5.11 Å². The number of carbonyl (C=O) groups is 2. The standard InChI is InChI=1S/C23H29N3O2S/c1-22(2,3)17-11-7-15(8-12-17)19(27)24-21(29)26-25-20(28)16-9-13-18(14-10-16)23(4,5)6/h7-14H,1-6H3,(H,25,28)(H2,24,26,27,29). The van der Waals surface area contributed by atoms with Crippen LogP contribution in [0.2, 0.25) is 0 Å². The summed E-state index contributed by atoms with van der Waals surface area (Å²) in [7, 11) is 0. The van der Waals surface area contributed by atoms with Crippen LogP contribution in [0.5, 0.6) is 0 Å². The quantitative estimate of drug-likeness (QED) is 0.511. The van der Waals surface area contributed by atoms with Crippen LogP contribution in [-0.4, -0.2) is 16.9 Å². The Labute approximate surface area is 178 Å². The number of carbonyl (C=O) groups excluding carboxylic acids is 2. The maximum atomic E-state index is 12.3. The highest BCUT2D eigenvalue weighted by molar-refractivity contribution is 7.80. The summed E-state index contributed by atoms with van der Waals surface area (Å²) in [6.07, 6.45) is 0. The fourth-order valence-electron chi connectivity index (χ4n) is 2.64. The van der Waals surface area contributed by atoms with Gasteiger partial charge in [-0.25, -0.2) is 0 Å². The van der Waals surface area contributed by atoms with Gasteiger partial charge in [-0.15, -0.1) is 0 Å². The largest absolute Gasteiger partial charge is 0.298 e. The van der Waals surface area contributed by atoms with E-state index in [4.69, 9.17) is 12.2 Å². The minimum Gasteiger partial charge on any atom is -0.298 e. The Morgan fingerprint density at radius 2 is 1.03 bits per heavy atom. The molecule has 5 nitrogen and oxygen atoms in total. The molecule has 0 radical (unpaired) electrons. The maximum Gasteiger partial charge on any atom is 0.269 e. The molecule has 0 atom stereocenters. The zero-order valence-electron chi connectivity index (χ0n) is 17.8. The predicted octanol–water partition coefficient (Wildman–Crippen LogP) is 4.23. The molecule has 154 valence electrons. The van der Waals surface area contributed by atoms with Crippen LogP contribution in [-0.2, 0) is 10.8 Å². The fraction of sp³-hybridized carbons (Fsp3) is 0.348. The Morgan fingerprint density at radius 3 is 1.41 bits per heavy atom. The average molecular weight is 412 g/mol.